The van der Waals surface area contributed by atoms with Crippen LogP contribution in [0.4, 0.5) is 0 Å². The van der Waals surface area contributed by atoms with Crippen LogP contribution in [-0.4, -0.2) is 14.6 Å². The molecule has 0 amide bonds. The van der Waals surface area contributed by atoms with Crippen LogP contribution in [0.15, 0.2) is 42.7 Å². The average Bonchev–Trinajstić information content (AvgIpc) is 2.83. The Bertz CT molecular complexity index is 708. The van der Waals surface area contributed by atoms with Crippen LogP contribution in [0.3, 0.4) is 0 Å². The van der Waals surface area contributed by atoms with Crippen LogP contribution in [0.2, 0.25) is 0 Å². The van der Waals surface area contributed by atoms with Gasteiger partial charge in [-0.25, -0.2) is 9.50 Å². The summed E-state index contributed by atoms with van der Waals surface area (Å²) in [6.45, 7) is 6.43. The molecule has 0 saturated heterocycles. The van der Waals surface area contributed by atoms with E-state index >= 15 is 0 Å². The first-order valence-electron chi connectivity index (χ1n) is 6.56. The van der Waals surface area contributed by atoms with Gasteiger partial charge in [-0.2, -0.15) is 5.10 Å². The summed E-state index contributed by atoms with van der Waals surface area (Å²) in [5.41, 5.74) is 5.62. The number of aryl methyl sites for hydroxylation is 1. The molecule has 0 radical (unpaired) electrons. The van der Waals surface area contributed by atoms with Crippen molar-refractivity contribution in [2.45, 2.75) is 26.7 Å². The van der Waals surface area contributed by atoms with Crippen LogP contribution in [0.5, 0.6) is 0 Å². The van der Waals surface area contributed by atoms with Gasteiger partial charge in [0.15, 0.2) is 5.65 Å². The summed E-state index contributed by atoms with van der Waals surface area (Å²) in [7, 11) is 0. The van der Waals surface area contributed by atoms with E-state index in [9.17, 15) is 0 Å². The molecule has 2 heterocycles. The van der Waals surface area contributed by atoms with Crippen LogP contribution in [0.1, 0.15) is 31.0 Å². The van der Waals surface area contributed by atoms with Gasteiger partial charge < -0.3 is 0 Å². The molecular formula is C16H17N3. The largest absolute Gasteiger partial charge is 0.236 e. The SMILES string of the molecule is Cc1ccc(-c2cnn3c(C(C)C)ccnc23)cc1. The van der Waals surface area contributed by atoms with Gasteiger partial charge in [-0.3, -0.25) is 0 Å². The minimum atomic E-state index is 0.427. The lowest BCUT2D eigenvalue weighted by molar-refractivity contribution is 0.749. The Hall–Kier alpha value is -2.16. The Balaban J connectivity index is 2.21. The van der Waals surface area contributed by atoms with Gasteiger partial charge in [0.25, 0.3) is 0 Å². The molecule has 3 rings (SSSR count). The fourth-order valence-electron chi connectivity index (χ4n) is 2.28. The van der Waals surface area contributed by atoms with Crippen molar-refractivity contribution in [3.8, 4) is 11.1 Å². The molecule has 0 aliphatic rings. The van der Waals surface area contributed by atoms with Crippen molar-refractivity contribution in [2.24, 2.45) is 0 Å². The maximum Gasteiger partial charge on any atom is 0.163 e. The molecule has 0 bridgehead atoms. The standard InChI is InChI=1S/C16H17N3/c1-11(2)15-8-9-17-16-14(10-18-19(15)16)13-6-4-12(3)5-7-13/h4-11H,1-3H3. The number of fused-ring (bicyclic) bond motifs is 1. The van der Waals surface area contributed by atoms with Crippen molar-refractivity contribution >= 4 is 5.65 Å². The summed E-state index contributed by atoms with van der Waals surface area (Å²) in [6, 6.07) is 10.5. The van der Waals surface area contributed by atoms with E-state index in [4.69, 9.17) is 0 Å². The smallest absolute Gasteiger partial charge is 0.163 e. The molecule has 2 aromatic heterocycles. The molecule has 0 unspecified atom stereocenters. The highest BCUT2D eigenvalue weighted by molar-refractivity contribution is 5.77. The third-order valence-electron chi connectivity index (χ3n) is 3.38. The van der Waals surface area contributed by atoms with Gasteiger partial charge >= 0.3 is 0 Å². The molecule has 0 aliphatic heterocycles. The molecule has 3 nitrogen and oxygen atoms in total. The Kier molecular flexibility index (Phi) is 2.82. The van der Waals surface area contributed by atoms with Gasteiger partial charge in [0.2, 0.25) is 0 Å². The number of nitrogens with zero attached hydrogens (tertiary/aromatic N) is 3. The summed E-state index contributed by atoms with van der Waals surface area (Å²) in [6.07, 6.45) is 3.77. The van der Waals surface area contributed by atoms with Crippen molar-refractivity contribution in [1.82, 2.24) is 14.6 Å². The van der Waals surface area contributed by atoms with Crippen molar-refractivity contribution in [3.05, 3.63) is 54.0 Å². The van der Waals surface area contributed by atoms with E-state index in [1.807, 2.05) is 23.0 Å². The zero-order valence-electron chi connectivity index (χ0n) is 11.5. The topological polar surface area (TPSA) is 30.2 Å². The van der Waals surface area contributed by atoms with Crippen molar-refractivity contribution in [2.75, 3.05) is 0 Å². The van der Waals surface area contributed by atoms with Gasteiger partial charge in [-0.15, -0.1) is 0 Å². The highest BCUT2D eigenvalue weighted by Gasteiger charge is 2.11. The summed E-state index contributed by atoms with van der Waals surface area (Å²) < 4.78 is 1.94. The van der Waals surface area contributed by atoms with Crippen molar-refractivity contribution in [3.63, 3.8) is 0 Å². The number of rotatable bonds is 2. The maximum atomic E-state index is 4.49. The first kappa shape index (κ1) is 11.9. The lowest BCUT2D eigenvalue weighted by Gasteiger charge is -2.07. The van der Waals surface area contributed by atoms with Crippen LogP contribution in [0.25, 0.3) is 16.8 Å². The molecule has 3 heteroatoms. The van der Waals surface area contributed by atoms with Crippen LogP contribution in [0, 0.1) is 6.92 Å². The fraction of sp³-hybridized carbons (Fsp3) is 0.250. The van der Waals surface area contributed by atoms with E-state index in [2.05, 4.69) is 55.1 Å². The second kappa shape index (κ2) is 4.50. The molecule has 0 saturated carbocycles. The normalized spacial score (nSPS) is 11.4. The third kappa shape index (κ3) is 2.01. The summed E-state index contributed by atoms with van der Waals surface area (Å²) >= 11 is 0. The summed E-state index contributed by atoms with van der Waals surface area (Å²) in [5.74, 6) is 0.427. The Morgan fingerprint density at radius 3 is 2.47 bits per heavy atom. The minimum Gasteiger partial charge on any atom is -0.236 e. The molecule has 0 fully saturated rings. The van der Waals surface area contributed by atoms with E-state index in [1.54, 1.807) is 0 Å². The predicted molar refractivity (Wildman–Crippen MR) is 77.2 cm³/mol. The van der Waals surface area contributed by atoms with Crippen molar-refractivity contribution in [1.29, 1.82) is 0 Å². The molecule has 96 valence electrons. The lowest BCUT2D eigenvalue weighted by Crippen LogP contribution is -2.01. The summed E-state index contributed by atoms with van der Waals surface area (Å²) in [5, 5.41) is 4.49. The first-order chi connectivity index (χ1) is 9.16. The van der Waals surface area contributed by atoms with E-state index in [-0.39, 0.29) is 0 Å². The molecule has 19 heavy (non-hydrogen) atoms. The van der Waals surface area contributed by atoms with Crippen LogP contribution >= 0.6 is 0 Å². The lowest BCUT2D eigenvalue weighted by atomic mass is 10.1. The molecule has 0 atom stereocenters. The predicted octanol–water partition coefficient (Wildman–Crippen LogP) is 3.83. The highest BCUT2D eigenvalue weighted by Crippen LogP contribution is 2.25. The molecule has 0 spiro atoms. The van der Waals surface area contributed by atoms with Gasteiger partial charge in [0, 0.05) is 17.5 Å². The number of hydrogen-bond donors (Lipinski definition) is 0. The van der Waals surface area contributed by atoms with E-state index in [0.717, 1.165) is 16.8 Å². The molecular weight excluding hydrogens is 234 g/mol. The number of hydrogen-bond acceptors (Lipinski definition) is 2. The molecule has 1 aromatic carbocycles. The van der Waals surface area contributed by atoms with Gasteiger partial charge in [0.05, 0.1) is 6.20 Å². The quantitative estimate of drug-likeness (QED) is 0.693. The second-order valence-corrected chi connectivity index (χ2v) is 5.18. The van der Waals surface area contributed by atoms with Gasteiger partial charge in [-0.1, -0.05) is 43.7 Å². The Morgan fingerprint density at radius 1 is 1.05 bits per heavy atom. The fourth-order valence-corrected chi connectivity index (χ4v) is 2.28. The molecule has 0 aliphatic carbocycles. The summed E-state index contributed by atoms with van der Waals surface area (Å²) in [4.78, 5) is 4.48. The minimum absolute atomic E-state index is 0.427. The average molecular weight is 251 g/mol. The van der Waals surface area contributed by atoms with E-state index < -0.39 is 0 Å². The van der Waals surface area contributed by atoms with Gasteiger partial charge in [0.1, 0.15) is 0 Å². The number of aromatic nitrogens is 3. The third-order valence-corrected chi connectivity index (χ3v) is 3.38. The highest BCUT2D eigenvalue weighted by atomic mass is 15.3. The Labute approximate surface area is 112 Å². The monoisotopic (exact) mass is 251 g/mol. The molecule has 3 aromatic rings. The maximum absolute atomic E-state index is 4.49. The van der Waals surface area contributed by atoms with E-state index in [1.165, 1.54) is 11.3 Å². The zero-order chi connectivity index (χ0) is 13.4. The van der Waals surface area contributed by atoms with Crippen LogP contribution < -0.4 is 0 Å². The van der Waals surface area contributed by atoms with Crippen molar-refractivity contribution < 1.29 is 0 Å². The first-order valence-corrected chi connectivity index (χ1v) is 6.56. The molecule has 0 N–H and O–H groups in total. The van der Waals surface area contributed by atoms with E-state index in [0.29, 0.717) is 5.92 Å². The number of benzene rings is 1. The van der Waals surface area contributed by atoms with Crippen LogP contribution in [-0.2, 0) is 0 Å². The second-order valence-electron chi connectivity index (χ2n) is 5.18. The zero-order valence-corrected chi connectivity index (χ0v) is 11.5. The van der Waals surface area contributed by atoms with Gasteiger partial charge in [-0.05, 0) is 24.5 Å². The Morgan fingerprint density at radius 2 is 1.79 bits per heavy atom.